The molecule has 0 bridgehead atoms. The van der Waals surface area contributed by atoms with Gasteiger partial charge in [0.2, 0.25) is 0 Å². The highest BCUT2D eigenvalue weighted by Crippen LogP contribution is 2.14. The molecule has 0 aliphatic carbocycles. The molecule has 168 valence electrons. The Morgan fingerprint density at radius 1 is 0.536 bits per heavy atom. The van der Waals surface area contributed by atoms with Crippen LogP contribution in [0.2, 0.25) is 6.55 Å². The molecule has 0 amide bonds. The normalized spacial score (nSPS) is 13.5. The van der Waals surface area contributed by atoms with Crippen LogP contribution in [0.25, 0.3) is 0 Å². The second kappa shape index (κ2) is 21.6. The van der Waals surface area contributed by atoms with Crippen molar-refractivity contribution in [2.24, 2.45) is 0 Å². The van der Waals surface area contributed by atoms with Gasteiger partial charge in [-0.3, -0.25) is 0 Å². The number of hydrogen-bond acceptors (Lipinski definition) is 2. The van der Waals surface area contributed by atoms with Crippen LogP contribution in [0.5, 0.6) is 0 Å². The number of rotatable bonds is 23. The second-order valence-corrected chi connectivity index (χ2v) is 11.6. The first-order valence-electron chi connectivity index (χ1n) is 12.6. The van der Waals surface area contributed by atoms with Gasteiger partial charge < -0.3 is 8.85 Å². The standard InChI is InChI=1S/C25H52O2Si/c1-5-8-10-12-14-15-16-17-19-21-23-25-27-28(4,7-3)26-24-22-20-18-13-11-9-6-2/h7H,3,5-6,8-25H2,1-2,4H3. The predicted octanol–water partition coefficient (Wildman–Crippen LogP) is 8.88. The second-order valence-electron chi connectivity index (χ2n) is 8.57. The Labute approximate surface area is 179 Å². The van der Waals surface area contributed by atoms with Crippen molar-refractivity contribution < 1.29 is 8.85 Å². The summed E-state index contributed by atoms with van der Waals surface area (Å²) >= 11 is 0. The van der Waals surface area contributed by atoms with E-state index in [0.29, 0.717) is 0 Å². The van der Waals surface area contributed by atoms with E-state index >= 15 is 0 Å². The lowest BCUT2D eigenvalue weighted by Crippen LogP contribution is -2.37. The molecule has 1 atom stereocenters. The molecule has 0 heterocycles. The van der Waals surface area contributed by atoms with Crippen molar-refractivity contribution in [3.8, 4) is 0 Å². The monoisotopic (exact) mass is 412 g/mol. The van der Waals surface area contributed by atoms with Crippen molar-refractivity contribution in [1.82, 2.24) is 0 Å². The van der Waals surface area contributed by atoms with E-state index < -0.39 is 8.56 Å². The third-order valence-electron chi connectivity index (χ3n) is 5.64. The van der Waals surface area contributed by atoms with Crippen LogP contribution in [0, 0.1) is 0 Å². The summed E-state index contributed by atoms with van der Waals surface area (Å²) in [5, 5.41) is 0. The van der Waals surface area contributed by atoms with Crippen molar-refractivity contribution >= 4 is 8.56 Å². The summed E-state index contributed by atoms with van der Waals surface area (Å²) < 4.78 is 12.2. The lowest BCUT2D eigenvalue weighted by Gasteiger charge is -2.23. The summed E-state index contributed by atoms with van der Waals surface area (Å²) in [6, 6.07) is 0. The van der Waals surface area contributed by atoms with Crippen LogP contribution in [0.1, 0.15) is 129 Å². The lowest BCUT2D eigenvalue weighted by molar-refractivity contribution is 0.177. The highest BCUT2D eigenvalue weighted by atomic mass is 28.4. The average molecular weight is 413 g/mol. The molecular weight excluding hydrogens is 360 g/mol. The Morgan fingerprint density at radius 2 is 0.821 bits per heavy atom. The van der Waals surface area contributed by atoms with E-state index in [-0.39, 0.29) is 0 Å². The molecule has 0 N–H and O–H groups in total. The van der Waals surface area contributed by atoms with Gasteiger partial charge in [-0.2, -0.15) is 0 Å². The molecule has 0 aromatic heterocycles. The van der Waals surface area contributed by atoms with Crippen molar-refractivity contribution in [1.29, 1.82) is 0 Å². The fraction of sp³-hybridized carbons (Fsp3) is 0.920. The average Bonchev–Trinajstić information content (AvgIpc) is 2.71. The fourth-order valence-corrected chi connectivity index (χ4v) is 4.95. The Morgan fingerprint density at radius 3 is 1.11 bits per heavy atom. The molecule has 1 unspecified atom stereocenters. The molecule has 0 fully saturated rings. The van der Waals surface area contributed by atoms with Crippen LogP contribution in [0.15, 0.2) is 12.3 Å². The van der Waals surface area contributed by atoms with Crippen LogP contribution in [-0.4, -0.2) is 21.8 Å². The van der Waals surface area contributed by atoms with Crippen molar-refractivity contribution in [3.05, 3.63) is 12.3 Å². The molecule has 0 aliphatic heterocycles. The Bertz CT molecular complexity index is 322. The SMILES string of the molecule is C=C[Si](C)(OCCCCCCCCC)OCCCCCCCCCCCCC. The molecule has 0 radical (unpaired) electrons. The van der Waals surface area contributed by atoms with Gasteiger partial charge in [-0.15, -0.1) is 6.58 Å². The van der Waals surface area contributed by atoms with Crippen LogP contribution in [-0.2, 0) is 8.85 Å². The molecule has 28 heavy (non-hydrogen) atoms. The zero-order chi connectivity index (χ0) is 20.8. The minimum atomic E-state index is -2.14. The van der Waals surface area contributed by atoms with E-state index in [0.717, 1.165) is 26.1 Å². The molecule has 0 saturated carbocycles. The van der Waals surface area contributed by atoms with Crippen LogP contribution < -0.4 is 0 Å². The van der Waals surface area contributed by atoms with E-state index in [1.165, 1.54) is 103 Å². The number of unbranched alkanes of at least 4 members (excludes halogenated alkanes) is 16. The van der Waals surface area contributed by atoms with Gasteiger partial charge >= 0.3 is 8.56 Å². The molecule has 0 rings (SSSR count). The van der Waals surface area contributed by atoms with E-state index in [1.807, 2.05) is 5.70 Å². The third-order valence-corrected chi connectivity index (χ3v) is 7.94. The highest BCUT2D eigenvalue weighted by Gasteiger charge is 2.26. The van der Waals surface area contributed by atoms with Gasteiger partial charge in [0, 0.05) is 13.2 Å². The zero-order valence-electron chi connectivity index (χ0n) is 19.7. The summed E-state index contributed by atoms with van der Waals surface area (Å²) in [5.74, 6) is 0. The lowest BCUT2D eigenvalue weighted by atomic mass is 10.1. The van der Waals surface area contributed by atoms with Crippen LogP contribution in [0.4, 0.5) is 0 Å². The first kappa shape index (κ1) is 27.9. The maximum Gasteiger partial charge on any atom is 0.361 e. The molecule has 3 heteroatoms. The number of hydrogen-bond donors (Lipinski definition) is 0. The minimum absolute atomic E-state index is 0.834. The highest BCUT2D eigenvalue weighted by molar-refractivity contribution is 6.71. The molecule has 0 aromatic carbocycles. The molecule has 0 aromatic rings. The summed E-state index contributed by atoms with van der Waals surface area (Å²) in [5.41, 5.74) is 1.95. The van der Waals surface area contributed by atoms with E-state index in [2.05, 4.69) is 27.0 Å². The van der Waals surface area contributed by atoms with Gasteiger partial charge in [0.05, 0.1) is 0 Å². The topological polar surface area (TPSA) is 18.5 Å². The van der Waals surface area contributed by atoms with E-state index in [9.17, 15) is 0 Å². The smallest absolute Gasteiger partial charge is 0.361 e. The first-order chi connectivity index (χ1) is 13.7. The van der Waals surface area contributed by atoms with Gasteiger partial charge in [0.25, 0.3) is 0 Å². The molecular formula is C25H52O2Si. The Balaban J connectivity index is 3.46. The fourth-order valence-electron chi connectivity index (χ4n) is 3.53. The summed E-state index contributed by atoms with van der Waals surface area (Å²) in [4.78, 5) is 0. The summed E-state index contributed by atoms with van der Waals surface area (Å²) in [7, 11) is -2.14. The molecule has 2 nitrogen and oxygen atoms in total. The first-order valence-corrected chi connectivity index (χ1v) is 15.0. The van der Waals surface area contributed by atoms with E-state index in [4.69, 9.17) is 8.85 Å². The molecule has 0 aliphatic rings. The maximum atomic E-state index is 6.12. The van der Waals surface area contributed by atoms with Gasteiger partial charge in [0.1, 0.15) is 0 Å². The van der Waals surface area contributed by atoms with Gasteiger partial charge in [0.15, 0.2) is 0 Å². The molecule has 0 saturated heterocycles. The van der Waals surface area contributed by atoms with Crippen LogP contribution in [0.3, 0.4) is 0 Å². The summed E-state index contributed by atoms with van der Waals surface area (Å²) in [6.07, 6.45) is 24.3. The minimum Gasteiger partial charge on any atom is -0.391 e. The van der Waals surface area contributed by atoms with Gasteiger partial charge in [-0.25, -0.2) is 0 Å². The zero-order valence-corrected chi connectivity index (χ0v) is 20.7. The third kappa shape index (κ3) is 19.2. The van der Waals surface area contributed by atoms with Crippen molar-refractivity contribution in [3.63, 3.8) is 0 Å². The largest absolute Gasteiger partial charge is 0.391 e. The van der Waals surface area contributed by atoms with Crippen molar-refractivity contribution in [2.75, 3.05) is 13.2 Å². The quantitative estimate of drug-likeness (QED) is 0.123. The van der Waals surface area contributed by atoms with Gasteiger partial charge in [-0.1, -0.05) is 117 Å². The Hall–Kier alpha value is -0.123. The van der Waals surface area contributed by atoms with Crippen molar-refractivity contribution in [2.45, 2.75) is 136 Å². The van der Waals surface area contributed by atoms with E-state index in [1.54, 1.807) is 0 Å². The maximum absolute atomic E-state index is 6.12. The Kier molecular flexibility index (Phi) is 21.5. The predicted molar refractivity (Wildman–Crippen MR) is 128 cm³/mol. The van der Waals surface area contributed by atoms with Crippen LogP contribution >= 0.6 is 0 Å². The van der Waals surface area contributed by atoms with Gasteiger partial charge in [-0.05, 0) is 25.1 Å². The molecule has 0 spiro atoms. The summed E-state index contributed by atoms with van der Waals surface area (Å²) in [6.45, 7) is 12.3.